The lowest BCUT2D eigenvalue weighted by atomic mass is 9.84. The largest absolute Gasteiger partial charge is 0.330 e. The van der Waals surface area contributed by atoms with Gasteiger partial charge in [-0.1, -0.05) is 13.8 Å². The molecule has 0 saturated heterocycles. The first-order valence-corrected chi connectivity index (χ1v) is 7.00. The Kier molecular flexibility index (Phi) is 5.84. The van der Waals surface area contributed by atoms with E-state index in [-0.39, 0.29) is 17.0 Å². The van der Waals surface area contributed by atoms with Crippen LogP contribution in [0.2, 0.25) is 0 Å². The number of carbonyl (C=O) groups excluding carboxylic acids is 1. The molecule has 1 aromatic carbocycles. The number of rotatable bonds is 7. The van der Waals surface area contributed by atoms with E-state index >= 15 is 0 Å². The minimum Gasteiger partial charge on any atom is -0.330 e. The smallest absolute Gasteiger partial charge is 0.269 e. The molecule has 0 radical (unpaired) electrons. The minimum absolute atomic E-state index is 0.0228. The van der Waals surface area contributed by atoms with Crippen molar-refractivity contribution in [2.75, 3.05) is 11.9 Å². The number of nitrogens with one attached hydrogen (secondary N) is 1. The van der Waals surface area contributed by atoms with Crippen LogP contribution in [0.4, 0.5) is 11.4 Å². The summed E-state index contributed by atoms with van der Waals surface area (Å²) in [5.41, 5.74) is 6.90. The van der Waals surface area contributed by atoms with Crippen LogP contribution in [0.25, 0.3) is 0 Å². The number of anilines is 1. The minimum atomic E-state index is -0.450. The number of amides is 1. The van der Waals surface area contributed by atoms with Gasteiger partial charge in [-0.2, -0.15) is 0 Å². The number of hydrogen-bond donors (Lipinski definition) is 2. The van der Waals surface area contributed by atoms with Crippen molar-refractivity contribution in [2.45, 2.75) is 40.0 Å². The van der Waals surface area contributed by atoms with Crippen LogP contribution in [0.3, 0.4) is 0 Å². The SMILES string of the molecule is Cc1cc([N+](=O)[O-])ccc1NC(=O)CCC(C)(C)CCN. The number of carbonyl (C=O) groups is 1. The number of nitro groups is 1. The summed E-state index contributed by atoms with van der Waals surface area (Å²) >= 11 is 0. The van der Waals surface area contributed by atoms with E-state index < -0.39 is 4.92 Å². The Bertz CT molecular complexity index is 527. The summed E-state index contributed by atoms with van der Waals surface area (Å²) in [7, 11) is 0. The van der Waals surface area contributed by atoms with Gasteiger partial charge in [-0.15, -0.1) is 0 Å². The Morgan fingerprint density at radius 3 is 2.57 bits per heavy atom. The van der Waals surface area contributed by atoms with Crippen LogP contribution in [0.1, 0.15) is 38.7 Å². The lowest BCUT2D eigenvalue weighted by molar-refractivity contribution is -0.384. The standard InChI is InChI=1S/C15H23N3O3/c1-11-10-12(18(20)21)4-5-13(11)17-14(19)6-7-15(2,3)8-9-16/h4-5,10H,6-9,16H2,1-3H3,(H,17,19). The van der Waals surface area contributed by atoms with Crippen molar-refractivity contribution in [2.24, 2.45) is 11.1 Å². The van der Waals surface area contributed by atoms with Gasteiger partial charge in [0.05, 0.1) is 4.92 Å². The van der Waals surface area contributed by atoms with Gasteiger partial charge in [-0.3, -0.25) is 14.9 Å². The van der Waals surface area contributed by atoms with Crippen molar-refractivity contribution in [1.29, 1.82) is 0 Å². The van der Waals surface area contributed by atoms with Crippen LogP contribution >= 0.6 is 0 Å². The molecule has 1 rings (SSSR count). The maximum atomic E-state index is 12.0. The predicted octanol–water partition coefficient (Wildman–Crippen LogP) is 3.00. The zero-order valence-corrected chi connectivity index (χ0v) is 12.8. The number of nitrogens with two attached hydrogens (primary N) is 1. The Hall–Kier alpha value is -1.95. The van der Waals surface area contributed by atoms with Crippen LogP contribution < -0.4 is 11.1 Å². The number of hydrogen-bond acceptors (Lipinski definition) is 4. The van der Waals surface area contributed by atoms with Crippen molar-refractivity contribution in [3.63, 3.8) is 0 Å². The summed E-state index contributed by atoms with van der Waals surface area (Å²) in [6, 6.07) is 4.41. The molecule has 116 valence electrons. The van der Waals surface area contributed by atoms with Gasteiger partial charge in [-0.25, -0.2) is 0 Å². The van der Waals surface area contributed by atoms with Gasteiger partial charge in [0.2, 0.25) is 5.91 Å². The highest BCUT2D eigenvalue weighted by Crippen LogP contribution is 2.26. The third-order valence-electron chi connectivity index (χ3n) is 3.54. The maximum absolute atomic E-state index is 12.0. The van der Waals surface area contributed by atoms with Gasteiger partial charge in [-0.05, 0) is 43.4 Å². The molecule has 0 bridgehead atoms. The molecule has 0 aliphatic carbocycles. The van der Waals surface area contributed by atoms with Gasteiger partial charge in [0.15, 0.2) is 0 Å². The summed E-state index contributed by atoms with van der Waals surface area (Å²) in [6.07, 6.45) is 2.03. The van der Waals surface area contributed by atoms with E-state index in [1.54, 1.807) is 13.0 Å². The van der Waals surface area contributed by atoms with Crippen molar-refractivity contribution in [3.05, 3.63) is 33.9 Å². The molecule has 0 aromatic heterocycles. The fraction of sp³-hybridized carbons (Fsp3) is 0.533. The Morgan fingerprint density at radius 1 is 1.38 bits per heavy atom. The third-order valence-corrected chi connectivity index (χ3v) is 3.54. The highest BCUT2D eigenvalue weighted by atomic mass is 16.6. The maximum Gasteiger partial charge on any atom is 0.269 e. The molecular weight excluding hydrogens is 270 g/mol. The molecule has 0 aliphatic heterocycles. The topological polar surface area (TPSA) is 98.3 Å². The van der Waals surface area contributed by atoms with Crippen LogP contribution in [0.15, 0.2) is 18.2 Å². The zero-order valence-electron chi connectivity index (χ0n) is 12.8. The molecule has 0 heterocycles. The second kappa shape index (κ2) is 7.17. The van der Waals surface area contributed by atoms with Crippen molar-refractivity contribution in [3.8, 4) is 0 Å². The first-order valence-electron chi connectivity index (χ1n) is 7.00. The van der Waals surface area contributed by atoms with E-state index in [1.807, 2.05) is 0 Å². The highest BCUT2D eigenvalue weighted by molar-refractivity contribution is 5.91. The van der Waals surface area contributed by atoms with Gasteiger partial charge in [0.1, 0.15) is 0 Å². The van der Waals surface area contributed by atoms with Gasteiger partial charge < -0.3 is 11.1 Å². The van der Waals surface area contributed by atoms with Gasteiger partial charge >= 0.3 is 0 Å². The number of non-ortho nitro benzene ring substituents is 1. The first kappa shape index (κ1) is 17.1. The summed E-state index contributed by atoms with van der Waals surface area (Å²) in [5.74, 6) is -0.0861. The summed E-state index contributed by atoms with van der Waals surface area (Å²) < 4.78 is 0. The normalized spacial score (nSPS) is 11.2. The molecule has 0 atom stereocenters. The predicted molar refractivity (Wildman–Crippen MR) is 83.1 cm³/mol. The van der Waals surface area contributed by atoms with Crippen LogP contribution in [-0.2, 0) is 4.79 Å². The first-order chi connectivity index (χ1) is 9.75. The van der Waals surface area contributed by atoms with Crippen LogP contribution in [-0.4, -0.2) is 17.4 Å². The second-order valence-corrected chi connectivity index (χ2v) is 6.01. The Morgan fingerprint density at radius 2 is 2.05 bits per heavy atom. The third kappa shape index (κ3) is 5.51. The van der Waals surface area contributed by atoms with E-state index in [4.69, 9.17) is 5.73 Å². The van der Waals surface area contributed by atoms with E-state index in [9.17, 15) is 14.9 Å². The second-order valence-electron chi connectivity index (χ2n) is 6.01. The molecule has 0 saturated carbocycles. The molecule has 0 aliphatic rings. The fourth-order valence-electron chi connectivity index (χ4n) is 2.08. The highest BCUT2D eigenvalue weighted by Gasteiger charge is 2.18. The number of benzene rings is 1. The van der Waals surface area contributed by atoms with Gasteiger partial charge in [0.25, 0.3) is 5.69 Å². The van der Waals surface area contributed by atoms with Crippen LogP contribution in [0.5, 0.6) is 0 Å². The lowest BCUT2D eigenvalue weighted by Gasteiger charge is -2.23. The molecule has 0 spiro atoms. The molecule has 1 aromatic rings. The molecule has 0 unspecified atom stereocenters. The lowest BCUT2D eigenvalue weighted by Crippen LogP contribution is -2.20. The van der Waals surface area contributed by atoms with Crippen LogP contribution in [0, 0.1) is 22.5 Å². The Labute approximate surface area is 124 Å². The summed E-state index contributed by atoms with van der Waals surface area (Å²) in [4.78, 5) is 22.2. The Balaban J connectivity index is 2.61. The molecular formula is C15H23N3O3. The number of aryl methyl sites for hydroxylation is 1. The van der Waals surface area contributed by atoms with Crippen molar-refractivity contribution >= 4 is 17.3 Å². The summed E-state index contributed by atoms with van der Waals surface area (Å²) in [6.45, 7) is 6.52. The monoisotopic (exact) mass is 293 g/mol. The van der Waals surface area contributed by atoms with Crippen molar-refractivity contribution < 1.29 is 9.72 Å². The average Bonchev–Trinajstić information content (AvgIpc) is 2.38. The number of nitrogens with zero attached hydrogens (tertiary/aromatic N) is 1. The van der Waals surface area contributed by atoms with E-state index in [2.05, 4.69) is 19.2 Å². The average molecular weight is 293 g/mol. The molecule has 6 heteroatoms. The molecule has 21 heavy (non-hydrogen) atoms. The molecule has 3 N–H and O–H groups in total. The zero-order chi connectivity index (χ0) is 16.0. The fourth-order valence-corrected chi connectivity index (χ4v) is 2.08. The molecule has 6 nitrogen and oxygen atoms in total. The quantitative estimate of drug-likeness (QED) is 0.596. The van der Waals surface area contributed by atoms with E-state index in [1.165, 1.54) is 12.1 Å². The molecule has 1 amide bonds. The van der Waals surface area contributed by atoms with Gasteiger partial charge in [0, 0.05) is 24.2 Å². The molecule has 0 fully saturated rings. The van der Waals surface area contributed by atoms with E-state index in [0.29, 0.717) is 24.2 Å². The van der Waals surface area contributed by atoms with E-state index in [0.717, 1.165) is 12.8 Å². The van der Waals surface area contributed by atoms with Crippen molar-refractivity contribution in [1.82, 2.24) is 0 Å². The number of nitro benzene ring substituents is 1. The summed E-state index contributed by atoms with van der Waals surface area (Å²) in [5, 5.41) is 13.5.